The minimum absolute atomic E-state index is 0.217. The van der Waals surface area contributed by atoms with Crippen molar-refractivity contribution in [3.63, 3.8) is 0 Å². The van der Waals surface area contributed by atoms with Gasteiger partial charge in [-0.3, -0.25) is 9.69 Å². The van der Waals surface area contributed by atoms with E-state index in [9.17, 15) is 14.4 Å². The number of benzene rings is 1. The van der Waals surface area contributed by atoms with Gasteiger partial charge in [0.25, 0.3) is 0 Å². The molecular formula is C27H40N2O8. The summed E-state index contributed by atoms with van der Waals surface area (Å²) >= 11 is 0. The standard InChI is InChI=1S/C23H36N2O4.C4H4O4/c1-24(18-9-5-6-10-19(18)25-13-7-8-14-25)22(26)12-11-17-15-20(27-2)23(29-4)21(16-17)28-3;5-3(6)1-2-4(7)8/h15-16,18-19H,5-14H2,1-4H3;1-2H,(H,5,6)(H,7,8)/b;2-1+/t18-,19+;/m1./s1. The summed E-state index contributed by atoms with van der Waals surface area (Å²) in [6.07, 6.45) is 9.68. The molecule has 1 aliphatic carbocycles. The largest absolute Gasteiger partial charge is 0.493 e. The van der Waals surface area contributed by atoms with Crippen molar-refractivity contribution in [3.05, 3.63) is 29.8 Å². The highest BCUT2D eigenvalue weighted by Crippen LogP contribution is 2.38. The molecule has 2 atom stereocenters. The topological polar surface area (TPSA) is 126 Å². The first-order valence-electron chi connectivity index (χ1n) is 12.6. The lowest BCUT2D eigenvalue weighted by atomic mass is 9.88. The summed E-state index contributed by atoms with van der Waals surface area (Å²) in [5.74, 6) is -0.458. The molecule has 0 spiro atoms. The Morgan fingerprint density at radius 2 is 1.46 bits per heavy atom. The fraction of sp³-hybridized carbons (Fsp3) is 0.593. The van der Waals surface area contributed by atoms with Gasteiger partial charge in [-0.25, -0.2) is 9.59 Å². The lowest BCUT2D eigenvalue weighted by Gasteiger charge is -2.42. The SMILES string of the molecule is COc1cc(CCC(=O)N(C)[C@@H]2CCCC[C@@H]2N2CCCC2)cc(OC)c1OC.O=C(O)/C=C/C(=O)O. The quantitative estimate of drug-likeness (QED) is 0.447. The van der Waals surface area contributed by atoms with Crippen LogP contribution < -0.4 is 14.2 Å². The van der Waals surface area contributed by atoms with Crippen molar-refractivity contribution in [1.29, 1.82) is 0 Å². The molecule has 206 valence electrons. The van der Waals surface area contributed by atoms with Crippen LogP contribution in [0.1, 0.15) is 50.5 Å². The van der Waals surface area contributed by atoms with E-state index in [4.69, 9.17) is 24.4 Å². The molecule has 1 saturated carbocycles. The van der Waals surface area contributed by atoms with Gasteiger partial charge in [0.2, 0.25) is 11.7 Å². The predicted octanol–water partition coefficient (Wildman–Crippen LogP) is 3.22. The average molecular weight is 521 g/mol. The fourth-order valence-electron chi connectivity index (χ4n) is 5.08. The lowest BCUT2D eigenvalue weighted by molar-refractivity contribution is -0.134. The van der Waals surface area contributed by atoms with Crippen LogP contribution in [0.4, 0.5) is 0 Å². The van der Waals surface area contributed by atoms with Gasteiger partial charge in [-0.2, -0.15) is 0 Å². The van der Waals surface area contributed by atoms with Crippen molar-refractivity contribution in [2.75, 3.05) is 41.5 Å². The first kappa shape index (κ1) is 30.0. The highest BCUT2D eigenvalue weighted by molar-refractivity contribution is 5.89. The molecule has 2 aliphatic rings. The molecular weight excluding hydrogens is 480 g/mol. The number of amides is 1. The summed E-state index contributed by atoms with van der Waals surface area (Å²) < 4.78 is 16.3. The van der Waals surface area contributed by atoms with Gasteiger partial charge in [-0.15, -0.1) is 0 Å². The van der Waals surface area contributed by atoms with Crippen LogP contribution in [0.3, 0.4) is 0 Å². The number of hydrogen-bond donors (Lipinski definition) is 2. The molecule has 10 nitrogen and oxygen atoms in total. The van der Waals surface area contributed by atoms with Crippen LogP contribution in [0.25, 0.3) is 0 Å². The number of carboxylic acids is 2. The normalized spacial score (nSPS) is 19.6. The highest BCUT2D eigenvalue weighted by atomic mass is 16.5. The molecule has 1 aromatic carbocycles. The summed E-state index contributed by atoms with van der Waals surface area (Å²) in [5.41, 5.74) is 1.01. The number of likely N-dealkylation sites (tertiary alicyclic amines) is 1. The number of methoxy groups -OCH3 is 3. The minimum Gasteiger partial charge on any atom is -0.493 e. The van der Waals surface area contributed by atoms with Gasteiger partial charge < -0.3 is 29.3 Å². The highest BCUT2D eigenvalue weighted by Gasteiger charge is 2.35. The molecule has 2 N–H and O–H groups in total. The van der Waals surface area contributed by atoms with Gasteiger partial charge in [0.05, 0.1) is 21.3 Å². The third-order valence-electron chi connectivity index (χ3n) is 6.92. The van der Waals surface area contributed by atoms with E-state index in [-0.39, 0.29) is 5.91 Å². The molecule has 1 aromatic rings. The van der Waals surface area contributed by atoms with E-state index < -0.39 is 11.9 Å². The van der Waals surface area contributed by atoms with E-state index in [1.165, 1.54) is 45.2 Å². The van der Waals surface area contributed by atoms with Crippen molar-refractivity contribution >= 4 is 17.8 Å². The molecule has 0 radical (unpaired) electrons. The first-order valence-corrected chi connectivity index (χ1v) is 12.6. The second kappa shape index (κ2) is 15.1. The minimum atomic E-state index is -1.26. The lowest BCUT2D eigenvalue weighted by Crippen LogP contribution is -2.53. The number of aliphatic carboxylic acids is 2. The van der Waals surface area contributed by atoms with Gasteiger partial charge in [-0.1, -0.05) is 12.8 Å². The number of rotatable bonds is 10. The Morgan fingerprint density at radius 3 is 1.95 bits per heavy atom. The Bertz CT molecular complexity index is 901. The zero-order chi connectivity index (χ0) is 27.4. The number of carboxylic acid groups (broad SMARTS) is 2. The molecule has 0 bridgehead atoms. The summed E-state index contributed by atoms with van der Waals surface area (Å²) in [5, 5.41) is 15.6. The second-order valence-corrected chi connectivity index (χ2v) is 9.21. The average Bonchev–Trinajstić information content (AvgIpc) is 3.44. The summed E-state index contributed by atoms with van der Waals surface area (Å²) in [6, 6.07) is 4.74. The number of ether oxygens (including phenoxy) is 3. The van der Waals surface area contributed by atoms with Crippen molar-refractivity contribution in [2.45, 2.75) is 63.5 Å². The molecule has 1 saturated heterocycles. The second-order valence-electron chi connectivity index (χ2n) is 9.21. The zero-order valence-corrected chi connectivity index (χ0v) is 22.3. The maximum Gasteiger partial charge on any atom is 0.328 e. The summed E-state index contributed by atoms with van der Waals surface area (Å²) in [4.78, 5) is 36.8. The molecule has 1 aliphatic heterocycles. The maximum absolute atomic E-state index is 13.0. The Labute approximate surface area is 218 Å². The van der Waals surface area contributed by atoms with E-state index in [0.29, 0.717) is 54.3 Å². The predicted molar refractivity (Wildman–Crippen MR) is 138 cm³/mol. The van der Waals surface area contributed by atoms with E-state index in [1.807, 2.05) is 24.1 Å². The maximum atomic E-state index is 13.0. The van der Waals surface area contributed by atoms with Crippen molar-refractivity contribution in [3.8, 4) is 17.2 Å². The van der Waals surface area contributed by atoms with Crippen molar-refractivity contribution in [2.24, 2.45) is 0 Å². The molecule has 1 heterocycles. The third kappa shape index (κ3) is 8.96. The van der Waals surface area contributed by atoms with Crippen LogP contribution in [0.5, 0.6) is 17.2 Å². The molecule has 0 unspecified atom stereocenters. The fourth-order valence-corrected chi connectivity index (χ4v) is 5.08. The first-order chi connectivity index (χ1) is 17.7. The van der Waals surface area contributed by atoms with E-state index in [2.05, 4.69) is 4.90 Å². The summed E-state index contributed by atoms with van der Waals surface area (Å²) in [6.45, 7) is 2.38. The Hall–Kier alpha value is -3.27. The molecule has 0 aromatic heterocycles. The van der Waals surface area contributed by atoms with Gasteiger partial charge in [0, 0.05) is 37.7 Å². The van der Waals surface area contributed by atoms with Crippen LogP contribution in [-0.4, -0.2) is 91.4 Å². The number of carbonyl (C=O) groups is 3. The van der Waals surface area contributed by atoms with E-state index in [1.54, 1.807) is 21.3 Å². The van der Waals surface area contributed by atoms with Gasteiger partial charge >= 0.3 is 11.9 Å². The van der Waals surface area contributed by atoms with Gasteiger partial charge in [0.1, 0.15) is 0 Å². The van der Waals surface area contributed by atoms with Crippen LogP contribution in [0.2, 0.25) is 0 Å². The molecule has 37 heavy (non-hydrogen) atoms. The molecule has 3 rings (SSSR count). The Balaban J connectivity index is 0.000000521. The van der Waals surface area contributed by atoms with Crippen molar-refractivity contribution in [1.82, 2.24) is 9.80 Å². The number of likely N-dealkylation sites (N-methyl/N-ethyl adjacent to an activating group) is 1. The van der Waals surface area contributed by atoms with Gasteiger partial charge in [-0.05, 0) is 62.9 Å². The number of hydrogen-bond acceptors (Lipinski definition) is 7. The van der Waals surface area contributed by atoms with E-state index in [0.717, 1.165) is 12.0 Å². The zero-order valence-electron chi connectivity index (χ0n) is 22.3. The summed E-state index contributed by atoms with van der Waals surface area (Å²) in [7, 11) is 6.82. The monoisotopic (exact) mass is 520 g/mol. The van der Waals surface area contributed by atoms with Gasteiger partial charge in [0.15, 0.2) is 11.5 Å². The smallest absolute Gasteiger partial charge is 0.328 e. The van der Waals surface area contributed by atoms with E-state index >= 15 is 0 Å². The van der Waals surface area contributed by atoms with Crippen LogP contribution in [0, 0.1) is 0 Å². The molecule has 10 heteroatoms. The van der Waals surface area contributed by atoms with Crippen LogP contribution in [0.15, 0.2) is 24.3 Å². The Kier molecular flexibility index (Phi) is 12.2. The third-order valence-corrected chi connectivity index (χ3v) is 6.92. The number of nitrogens with zero attached hydrogens (tertiary/aromatic N) is 2. The molecule has 2 fully saturated rings. The van der Waals surface area contributed by atoms with Crippen LogP contribution >= 0.6 is 0 Å². The number of carbonyl (C=O) groups excluding carboxylic acids is 1. The molecule has 1 amide bonds. The number of aryl methyl sites for hydroxylation is 1. The van der Waals surface area contributed by atoms with Crippen molar-refractivity contribution < 1.29 is 38.8 Å². The Morgan fingerprint density at radius 1 is 0.919 bits per heavy atom. The van der Waals surface area contributed by atoms with Crippen LogP contribution in [-0.2, 0) is 20.8 Å².